The normalized spacial score (nSPS) is 19.5. The summed E-state index contributed by atoms with van der Waals surface area (Å²) in [5.41, 5.74) is 5.27. The van der Waals surface area contributed by atoms with Crippen LogP contribution in [0.4, 0.5) is 11.4 Å². The number of Topliss-reactive ketones (excluding diaryl/α,β-unsaturated/α-hetero) is 1. The van der Waals surface area contributed by atoms with Crippen molar-refractivity contribution < 1.29 is 28.5 Å². The first-order valence-electron chi connectivity index (χ1n) is 12.3. The molecular formula is C29H27BrN2O6. The zero-order valence-electron chi connectivity index (χ0n) is 21.2. The molecule has 38 heavy (non-hydrogen) atoms. The highest BCUT2D eigenvalue weighted by atomic mass is 79.9. The molecule has 0 radical (unpaired) electrons. The van der Waals surface area contributed by atoms with Crippen molar-refractivity contribution in [3.05, 3.63) is 75.4 Å². The van der Waals surface area contributed by atoms with Crippen molar-refractivity contribution in [2.45, 2.75) is 24.8 Å². The van der Waals surface area contributed by atoms with Crippen LogP contribution in [0.25, 0.3) is 0 Å². The van der Waals surface area contributed by atoms with Gasteiger partial charge in [-0.25, -0.2) is 0 Å². The summed E-state index contributed by atoms with van der Waals surface area (Å²) >= 11 is 3.71. The number of methoxy groups -OCH3 is 3. The number of carbonyl (C=O) groups is 1. The van der Waals surface area contributed by atoms with E-state index in [-0.39, 0.29) is 18.5 Å². The Morgan fingerprint density at radius 2 is 1.58 bits per heavy atom. The van der Waals surface area contributed by atoms with Crippen molar-refractivity contribution in [1.29, 1.82) is 0 Å². The highest BCUT2D eigenvalue weighted by Crippen LogP contribution is 2.49. The monoisotopic (exact) mass is 578 g/mol. The summed E-state index contributed by atoms with van der Waals surface area (Å²) in [7, 11) is 4.77. The molecular weight excluding hydrogens is 552 g/mol. The Labute approximate surface area is 229 Å². The number of rotatable bonds is 5. The topological polar surface area (TPSA) is 87.3 Å². The molecule has 0 aromatic heterocycles. The summed E-state index contributed by atoms with van der Waals surface area (Å²) in [6.07, 6.45) is 0.976. The maximum absolute atomic E-state index is 14.0. The van der Waals surface area contributed by atoms with Gasteiger partial charge in [0.05, 0.1) is 38.7 Å². The predicted molar refractivity (Wildman–Crippen MR) is 147 cm³/mol. The second-order valence-corrected chi connectivity index (χ2v) is 10.2. The molecule has 0 spiro atoms. The Kier molecular flexibility index (Phi) is 6.31. The van der Waals surface area contributed by atoms with E-state index in [2.05, 4.69) is 26.6 Å². The first-order valence-corrected chi connectivity index (χ1v) is 13.1. The number of allylic oxidation sites excluding steroid dienone is 1. The molecule has 0 saturated heterocycles. The van der Waals surface area contributed by atoms with E-state index < -0.39 is 6.04 Å². The van der Waals surface area contributed by atoms with Crippen LogP contribution in [0.1, 0.15) is 35.9 Å². The fraction of sp³-hybridized carbons (Fsp3) is 0.276. The molecule has 1 aliphatic carbocycles. The molecule has 196 valence electrons. The number of ketones is 1. The molecule has 2 aliphatic heterocycles. The molecule has 3 aliphatic rings. The highest BCUT2D eigenvalue weighted by molar-refractivity contribution is 9.10. The van der Waals surface area contributed by atoms with E-state index in [4.69, 9.17) is 23.7 Å². The van der Waals surface area contributed by atoms with Crippen LogP contribution < -0.4 is 34.3 Å². The lowest BCUT2D eigenvalue weighted by atomic mass is 9.78. The van der Waals surface area contributed by atoms with Crippen molar-refractivity contribution >= 4 is 33.1 Å². The van der Waals surface area contributed by atoms with Crippen LogP contribution in [-0.2, 0) is 4.79 Å². The SMILES string of the molecule is COc1cc([C@H]2CC(=O)C3=C(C2)Nc2ccccc2N[C@H]3c2cc3c(cc2Br)OCO3)cc(OC)c1OC. The lowest BCUT2D eigenvalue weighted by Crippen LogP contribution is -2.27. The average molecular weight is 579 g/mol. The lowest BCUT2D eigenvalue weighted by Gasteiger charge is -2.30. The third-order valence-corrected chi connectivity index (χ3v) is 7.96. The van der Waals surface area contributed by atoms with Crippen LogP contribution in [0.2, 0.25) is 0 Å². The fourth-order valence-corrected chi connectivity index (χ4v) is 6.00. The summed E-state index contributed by atoms with van der Waals surface area (Å²) in [6.45, 7) is 0.178. The fourth-order valence-electron chi connectivity index (χ4n) is 5.45. The van der Waals surface area contributed by atoms with Gasteiger partial charge in [0.1, 0.15) is 0 Å². The van der Waals surface area contributed by atoms with Crippen LogP contribution in [-0.4, -0.2) is 33.9 Å². The number of ether oxygens (including phenoxy) is 5. The van der Waals surface area contributed by atoms with Crippen LogP contribution in [0, 0.1) is 0 Å². The predicted octanol–water partition coefficient (Wildman–Crippen LogP) is 6.18. The minimum Gasteiger partial charge on any atom is -0.493 e. The first kappa shape index (κ1) is 24.5. The number of nitrogens with one attached hydrogen (secondary N) is 2. The van der Waals surface area contributed by atoms with Crippen LogP contribution in [0.5, 0.6) is 28.7 Å². The van der Waals surface area contributed by atoms with Crippen LogP contribution in [0.3, 0.4) is 0 Å². The number of fused-ring (bicyclic) bond motifs is 2. The highest BCUT2D eigenvalue weighted by Gasteiger charge is 2.38. The Morgan fingerprint density at radius 1 is 0.895 bits per heavy atom. The van der Waals surface area contributed by atoms with Gasteiger partial charge in [-0.05, 0) is 59.9 Å². The average Bonchev–Trinajstić information content (AvgIpc) is 3.31. The van der Waals surface area contributed by atoms with Gasteiger partial charge in [0.15, 0.2) is 28.8 Å². The molecule has 0 saturated carbocycles. The van der Waals surface area contributed by atoms with E-state index in [9.17, 15) is 4.79 Å². The van der Waals surface area contributed by atoms with Gasteiger partial charge in [0.25, 0.3) is 0 Å². The van der Waals surface area contributed by atoms with E-state index in [1.807, 2.05) is 48.5 Å². The van der Waals surface area contributed by atoms with Crippen molar-refractivity contribution in [1.82, 2.24) is 0 Å². The Bertz CT molecular complexity index is 1440. The van der Waals surface area contributed by atoms with E-state index in [0.717, 1.165) is 32.7 Å². The summed E-state index contributed by atoms with van der Waals surface area (Å²) < 4.78 is 28.7. The van der Waals surface area contributed by atoms with Gasteiger partial charge >= 0.3 is 0 Å². The zero-order valence-corrected chi connectivity index (χ0v) is 22.8. The molecule has 2 N–H and O–H groups in total. The van der Waals surface area contributed by atoms with Gasteiger partial charge in [0, 0.05) is 22.2 Å². The maximum Gasteiger partial charge on any atom is 0.231 e. The molecule has 6 rings (SSSR count). The molecule has 2 atom stereocenters. The second kappa shape index (κ2) is 9.79. The summed E-state index contributed by atoms with van der Waals surface area (Å²) in [5, 5.41) is 7.20. The number of carbonyl (C=O) groups excluding carboxylic acids is 1. The van der Waals surface area contributed by atoms with E-state index >= 15 is 0 Å². The van der Waals surface area contributed by atoms with Gasteiger partial charge in [-0.3, -0.25) is 4.79 Å². The Hall–Kier alpha value is -3.85. The standard InChI is InChI=1S/C29H27BrN2O6/c1-34-25-10-16(11-26(35-2)29(25)36-3)15-8-21-27(22(33)9-15)28(32-20-7-5-4-6-19(20)31-21)17-12-23-24(13-18(17)30)38-14-37-23/h4-7,10-13,15,28,31-32H,8-9,14H2,1-3H3/t15-,28+/m1/s1. The largest absolute Gasteiger partial charge is 0.493 e. The maximum atomic E-state index is 14.0. The molecule has 0 fully saturated rings. The van der Waals surface area contributed by atoms with E-state index in [0.29, 0.717) is 47.2 Å². The second-order valence-electron chi connectivity index (χ2n) is 9.35. The quantitative estimate of drug-likeness (QED) is 0.371. The van der Waals surface area contributed by atoms with Crippen LogP contribution >= 0.6 is 15.9 Å². The molecule has 0 unspecified atom stereocenters. The van der Waals surface area contributed by atoms with Gasteiger partial charge in [-0.15, -0.1) is 0 Å². The third-order valence-electron chi connectivity index (χ3n) is 7.27. The molecule has 3 aromatic carbocycles. The number of anilines is 2. The molecule has 0 amide bonds. The molecule has 3 aromatic rings. The molecule has 9 heteroatoms. The smallest absolute Gasteiger partial charge is 0.231 e. The third kappa shape index (κ3) is 4.11. The van der Waals surface area contributed by atoms with Crippen molar-refractivity contribution in [2.75, 3.05) is 38.8 Å². The Balaban J connectivity index is 1.46. The van der Waals surface area contributed by atoms with Crippen molar-refractivity contribution in [2.24, 2.45) is 0 Å². The first-order chi connectivity index (χ1) is 18.5. The van der Waals surface area contributed by atoms with Crippen molar-refractivity contribution in [3.63, 3.8) is 0 Å². The summed E-state index contributed by atoms with van der Waals surface area (Å²) in [4.78, 5) is 14.0. The zero-order chi connectivity index (χ0) is 26.4. The number of hydrogen-bond acceptors (Lipinski definition) is 8. The van der Waals surface area contributed by atoms with Gasteiger partial charge in [0.2, 0.25) is 12.5 Å². The molecule has 0 bridgehead atoms. The number of hydrogen-bond donors (Lipinski definition) is 2. The molecule has 8 nitrogen and oxygen atoms in total. The van der Waals surface area contributed by atoms with E-state index in [1.165, 1.54) is 0 Å². The van der Waals surface area contributed by atoms with Gasteiger partial charge < -0.3 is 34.3 Å². The minimum absolute atomic E-state index is 0.0624. The molecule has 2 heterocycles. The summed E-state index contributed by atoms with van der Waals surface area (Å²) in [5.74, 6) is 2.99. The lowest BCUT2D eigenvalue weighted by molar-refractivity contribution is -0.116. The van der Waals surface area contributed by atoms with Gasteiger partial charge in [-0.2, -0.15) is 0 Å². The number of halogens is 1. The Morgan fingerprint density at radius 3 is 2.26 bits per heavy atom. The summed E-state index contributed by atoms with van der Waals surface area (Å²) in [6, 6.07) is 15.3. The van der Waals surface area contributed by atoms with Gasteiger partial charge in [-0.1, -0.05) is 28.1 Å². The minimum atomic E-state index is -0.390. The number of para-hydroxylation sites is 2. The van der Waals surface area contributed by atoms with Crippen LogP contribution in [0.15, 0.2) is 64.3 Å². The number of benzene rings is 3. The van der Waals surface area contributed by atoms with E-state index in [1.54, 1.807) is 21.3 Å². The van der Waals surface area contributed by atoms with Crippen molar-refractivity contribution in [3.8, 4) is 28.7 Å².